The minimum Gasteiger partial charge on any atom is -0.306 e. The van der Waals surface area contributed by atoms with E-state index in [1.807, 2.05) is 6.07 Å². The van der Waals surface area contributed by atoms with Crippen molar-refractivity contribution in [2.24, 2.45) is 0 Å². The van der Waals surface area contributed by atoms with Crippen LogP contribution in [0.4, 0.5) is 4.39 Å². The van der Waals surface area contributed by atoms with E-state index in [2.05, 4.69) is 45.5 Å². The summed E-state index contributed by atoms with van der Waals surface area (Å²) < 4.78 is 13.9. The van der Waals surface area contributed by atoms with Crippen molar-refractivity contribution in [3.05, 3.63) is 69.4 Å². The lowest BCUT2D eigenvalue weighted by Gasteiger charge is -2.26. The van der Waals surface area contributed by atoms with E-state index in [1.54, 1.807) is 0 Å². The Balaban J connectivity index is 1.73. The lowest BCUT2D eigenvalue weighted by Crippen LogP contribution is -2.25. The Kier molecular flexibility index (Phi) is 4.18. The van der Waals surface area contributed by atoms with Crippen molar-refractivity contribution in [3.63, 3.8) is 0 Å². The lowest BCUT2D eigenvalue weighted by atomic mass is 9.87. The first-order chi connectivity index (χ1) is 9.74. The van der Waals surface area contributed by atoms with E-state index in [9.17, 15) is 4.39 Å². The summed E-state index contributed by atoms with van der Waals surface area (Å²) in [5.74, 6) is -0.205. The summed E-state index contributed by atoms with van der Waals surface area (Å²) in [5, 5.41) is 3.60. The molecule has 0 heterocycles. The molecule has 0 bridgehead atoms. The molecule has 0 amide bonds. The Hall–Kier alpha value is -1.19. The average Bonchev–Trinajstić information content (AvgIpc) is 2.46. The molecule has 20 heavy (non-hydrogen) atoms. The second-order valence-electron chi connectivity index (χ2n) is 5.26. The van der Waals surface area contributed by atoms with Gasteiger partial charge in [-0.15, -0.1) is 0 Å². The van der Waals surface area contributed by atoms with Gasteiger partial charge in [0.25, 0.3) is 0 Å². The molecule has 0 saturated carbocycles. The molecule has 3 heteroatoms. The summed E-state index contributed by atoms with van der Waals surface area (Å²) in [4.78, 5) is 0. The summed E-state index contributed by atoms with van der Waals surface area (Å²) in [6.07, 6.45) is 3.56. The molecule has 104 valence electrons. The molecule has 0 radical (unpaired) electrons. The topological polar surface area (TPSA) is 12.0 Å². The second kappa shape index (κ2) is 6.06. The van der Waals surface area contributed by atoms with Crippen molar-refractivity contribution in [1.29, 1.82) is 0 Å². The van der Waals surface area contributed by atoms with Crippen LogP contribution in [0, 0.1) is 5.82 Å². The molecule has 1 aliphatic carbocycles. The quantitative estimate of drug-likeness (QED) is 0.854. The van der Waals surface area contributed by atoms with Gasteiger partial charge in [0.05, 0.1) is 0 Å². The largest absolute Gasteiger partial charge is 0.306 e. The standard InChI is InChI=1S/C17H17BrFN/c18-16-10-14(19)9-8-13(16)11-20-17-7-3-5-12-4-1-2-6-15(12)17/h1-2,4,6,8-10,17,20H,3,5,7,11H2. The van der Waals surface area contributed by atoms with Crippen molar-refractivity contribution in [1.82, 2.24) is 5.32 Å². The second-order valence-corrected chi connectivity index (χ2v) is 6.11. The third-order valence-corrected chi connectivity index (χ3v) is 4.66. The van der Waals surface area contributed by atoms with Crippen molar-refractivity contribution < 1.29 is 4.39 Å². The SMILES string of the molecule is Fc1ccc(CNC2CCCc3ccccc32)c(Br)c1. The number of nitrogens with one attached hydrogen (secondary N) is 1. The van der Waals surface area contributed by atoms with E-state index in [-0.39, 0.29) is 5.82 Å². The molecule has 1 nitrogen and oxygen atoms in total. The van der Waals surface area contributed by atoms with Gasteiger partial charge in [0.2, 0.25) is 0 Å². The van der Waals surface area contributed by atoms with Gasteiger partial charge in [-0.3, -0.25) is 0 Å². The highest BCUT2D eigenvalue weighted by Crippen LogP contribution is 2.30. The first-order valence-corrected chi connectivity index (χ1v) is 7.78. The summed E-state index contributed by atoms with van der Waals surface area (Å²) in [7, 11) is 0. The zero-order valence-electron chi connectivity index (χ0n) is 11.2. The molecule has 3 rings (SSSR count). The molecule has 1 unspecified atom stereocenters. The van der Waals surface area contributed by atoms with Gasteiger partial charge >= 0.3 is 0 Å². The minimum atomic E-state index is -0.205. The Bertz CT molecular complexity index is 612. The van der Waals surface area contributed by atoms with Crippen molar-refractivity contribution in [2.75, 3.05) is 0 Å². The number of halogens is 2. The summed E-state index contributed by atoms with van der Waals surface area (Å²) >= 11 is 3.42. The highest BCUT2D eigenvalue weighted by atomic mass is 79.9. The van der Waals surface area contributed by atoms with Crippen molar-refractivity contribution >= 4 is 15.9 Å². The summed E-state index contributed by atoms with van der Waals surface area (Å²) in [5.41, 5.74) is 3.96. The third-order valence-electron chi connectivity index (χ3n) is 3.92. The van der Waals surface area contributed by atoms with Gasteiger partial charge in [-0.1, -0.05) is 46.3 Å². The first-order valence-electron chi connectivity index (χ1n) is 6.99. The smallest absolute Gasteiger partial charge is 0.124 e. The number of fused-ring (bicyclic) bond motifs is 1. The minimum absolute atomic E-state index is 0.205. The monoisotopic (exact) mass is 333 g/mol. The first kappa shape index (κ1) is 13.8. The fourth-order valence-corrected chi connectivity index (χ4v) is 3.36. The third kappa shape index (κ3) is 2.94. The molecule has 2 aromatic rings. The van der Waals surface area contributed by atoms with Gasteiger partial charge in [0, 0.05) is 17.1 Å². The van der Waals surface area contributed by atoms with Crippen LogP contribution in [0.25, 0.3) is 0 Å². The van der Waals surface area contributed by atoms with Crippen LogP contribution >= 0.6 is 15.9 Å². The molecule has 1 N–H and O–H groups in total. The maximum atomic E-state index is 13.1. The normalized spacial score (nSPS) is 17.8. The predicted octanol–water partition coefficient (Wildman–Crippen LogP) is 4.76. The zero-order valence-corrected chi connectivity index (χ0v) is 12.8. The highest BCUT2D eigenvalue weighted by Gasteiger charge is 2.19. The Labute approximate surface area is 127 Å². The van der Waals surface area contributed by atoms with Gasteiger partial charge in [0.15, 0.2) is 0 Å². The van der Waals surface area contributed by atoms with Crippen LogP contribution in [0.1, 0.15) is 35.6 Å². The van der Waals surface area contributed by atoms with Crippen LogP contribution in [0.3, 0.4) is 0 Å². The van der Waals surface area contributed by atoms with Gasteiger partial charge < -0.3 is 5.32 Å². The maximum Gasteiger partial charge on any atom is 0.124 e. The van der Waals surface area contributed by atoms with E-state index in [0.717, 1.165) is 23.0 Å². The van der Waals surface area contributed by atoms with Crippen LogP contribution in [0.15, 0.2) is 46.9 Å². The Morgan fingerprint density at radius 1 is 1.20 bits per heavy atom. The fraction of sp³-hybridized carbons (Fsp3) is 0.294. The number of benzene rings is 2. The summed E-state index contributed by atoms with van der Waals surface area (Å²) in [6.45, 7) is 0.750. The number of hydrogen-bond donors (Lipinski definition) is 1. The van der Waals surface area contributed by atoms with E-state index in [4.69, 9.17) is 0 Å². The fourth-order valence-electron chi connectivity index (χ4n) is 2.86. The zero-order chi connectivity index (χ0) is 13.9. The highest BCUT2D eigenvalue weighted by molar-refractivity contribution is 9.10. The number of aryl methyl sites for hydroxylation is 1. The van der Waals surface area contributed by atoms with Crippen LogP contribution in [0.2, 0.25) is 0 Å². The van der Waals surface area contributed by atoms with Gasteiger partial charge in [-0.05, 0) is 48.1 Å². The maximum absolute atomic E-state index is 13.1. The number of rotatable bonds is 3. The van der Waals surface area contributed by atoms with Crippen LogP contribution in [0.5, 0.6) is 0 Å². The van der Waals surface area contributed by atoms with Crippen molar-refractivity contribution in [2.45, 2.75) is 31.8 Å². The Morgan fingerprint density at radius 3 is 2.90 bits per heavy atom. The summed E-state index contributed by atoms with van der Waals surface area (Å²) in [6, 6.07) is 13.9. The van der Waals surface area contributed by atoms with Crippen molar-refractivity contribution in [3.8, 4) is 0 Å². The Morgan fingerprint density at radius 2 is 2.05 bits per heavy atom. The van der Waals surface area contributed by atoms with E-state index in [0.29, 0.717) is 6.04 Å². The molecule has 0 saturated heterocycles. The van der Waals surface area contributed by atoms with E-state index < -0.39 is 0 Å². The molecule has 1 aliphatic rings. The molecular formula is C17H17BrFN. The van der Waals surface area contributed by atoms with Gasteiger partial charge in [-0.25, -0.2) is 4.39 Å². The van der Waals surface area contributed by atoms with Crippen LogP contribution in [-0.4, -0.2) is 0 Å². The molecule has 0 aliphatic heterocycles. The molecule has 2 aromatic carbocycles. The van der Waals surface area contributed by atoms with E-state index >= 15 is 0 Å². The van der Waals surface area contributed by atoms with Gasteiger partial charge in [0.1, 0.15) is 5.82 Å². The van der Waals surface area contributed by atoms with Crippen LogP contribution in [-0.2, 0) is 13.0 Å². The molecular weight excluding hydrogens is 317 g/mol. The molecule has 1 atom stereocenters. The van der Waals surface area contributed by atoms with Gasteiger partial charge in [-0.2, -0.15) is 0 Å². The predicted molar refractivity (Wildman–Crippen MR) is 83.1 cm³/mol. The average molecular weight is 334 g/mol. The molecule has 0 aromatic heterocycles. The number of hydrogen-bond acceptors (Lipinski definition) is 1. The molecule has 0 spiro atoms. The van der Waals surface area contributed by atoms with Crippen LogP contribution < -0.4 is 5.32 Å². The van der Waals surface area contributed by atoms with E-state index in [1.165, 1.54) is 36.1 Å². The molecule has 0 fully saturated rings. The lowest BCUT2D eigenvalue weighted by molar-refractivity contribution is 0.458.